The van der Waals surface area contributed by atoms with Crippen LogP contribution in [0.3, 0.4) is 0 Å². The Morgan fingerprint density at radius 2 is 1.77 bits per heavy atom. The molecule has 2 rings (SSSR count). The van der Waals surface area contributed by atoms with E-state index in [1.54, 1.807) is 0 Å². The van der Waals surface area contributed by atoms with Crippen molar-refractivity contribution in [3.63, 3.8) is 0 Å². The molecule has 116 valence electrons. The average molecular weight is 297 g/mol. The van der Waals surface area contributed by atoms with Crippen LogP contribution in [-0.4, -0.2) is 19.1 Å². The van der Waals surface area contributed by atoms with Crippen LogP contribution in [0.1, 0.15) is 30.4 Å². The van der Waals surface area contributed by atoms with Crippen molar-refractivity contribution in [3.05, 3.63) is 65.7 Å². The van der Waals surface area contributed by atoms with Gasteiger partial charge in [-0.15, -0.1) is 0 Å². The van der Waals surface area contributed by atoms with E-state index in [0.29, 0.717) is 25.5 Å². The van der Waals surface area contributed by atoms with Gasteiger partial charge in [0.25, 0.3) is 0 Å². The second kappa shape index (κ2) is 8.23. The Labute approximate surface area is 132 Å². The summed E-state index contributed by atoms with van der Waals surface area (Å²) in [5, 5.41) is 2.96. The molecule has 22 heavy (non-hydrogen) atoms. The minimum atomic E-state index is 0.0230. The Morgan fingerprint density at radius 1 is 1.09 bits per heavy atom. The zero-order valence-corrected chi connectivity index (χ0v) is 13.2. The number of nitrogens with one attached hydrogen (secondary N) is 1. The number of hydrogen-bond donors (Lipinski definition) is 1. The van der Waals surface area contributed by atoms with E-state index >= 15 is 0 Å². The monoisotopic (exact) mass is 297 g/mol. The van der Waals surface area contributed by atoms with Crippen molar-refractivity contribution in [3.8, 4) is 5.75 Å². The van der Waals surface area contributed by atoms with Crippen LogP contribution in [0.15, 0.2) is 54.6 Å². The van der Waals surface area contributed by atoms with E-state index < -0.39 is 0 Å². The van der Waals surface area contributed by atoms with Crippen molar-refractivity contribution in [1.29, 1.82) is 0 Å². The first kappa shape index (κ1) is 16.1. The van der Waals surface area contributed by atoms with Gasteiger partial charge in [-0.3, -0.25) is 4.79 Å². The minimum Gasteiger partial charge on any atom is -0.493 e. The number of benzene rings is 2. The summed E-state index contributed by atoms with van der Waals surface area (Å²) in [6.45, 7) is 5.19. The number of amides is 1. The molecule has 1 N–H and O–H groups in total. The van der Waals surface area contributed by atoms with E-state index in [4.69, 9.17) is 4.74 Å². The fourth-order valence-electron chi connectivity index (χ4n) is 2.15. The van der Waals surface area contributed by atoms with Crippen LogP contribution < -0.4 is 10.1 Å². The van der Waals surface area contributed by atoms with Crippen LogP contribution in [0.4, 0.5) is 0 Å². The second-order valence-electron chi connectivity index (χ2n) is 5.53. The molecule has 0 aliphatic carbocycles. The lowest BCUT2D eigenvalue weighted by Gasteiger charge is -2.13. The minimum absolute atomic E-state index is 0.0230. The standard InChI is InChI=1S/C19H23NO2/c1-15-8-10-18(11-9-15)22-13-12-19(21)20-14-16(2)17-6-4-3-5-7-17/h3-11,16H,12-14H2,1-2H3,(H,20,21)/t16-/m0/s1. The molecular formula is C19H23NO2. The number of rotatable bonds is 7. The van der Waals surface area contributed by atoms with E-state index in [2.05, 4.69) is 24.4 Å². The van der Waals surface area contributed by atoms with Crippen LogP contribution in [0, 0.1) is 6.92 Å². The molecule has 0 saturated heterocycles. The van der Waals surface area contributed by atoms with Gasteiger partial charge in [0.05, 0.1) is 13.0 Å². The topological polar surface area (TPSA) is 38.3 Å². The third kappa shape index (κ3) is 5.24. The Bertz CT molecular complexity index is 578. The summed E-state index contributed by atoms with van der Waals surface area (Å²) in [7, 11) is 0. The molecule has 2 aromatic rings. The maximum atomic E-state index is 11.8. The van der Waals surface area contributed by atoms with Crippen LogP contribution in [0.2, 0.25) is 0 Å². The number of carbonyl (C=O) groups excluding carboxylic acids is 1. The predicted molar refractivity (Wildman–Crippen MR) is 89.2 cm³/mol. The Morgan fingerprint density at radius 3 is 2.45 bits per heavy atom. The lowest BCUT2D eigenvalue weighted by Crippen LogP contribution is -2.28. The molecule has 0 aliphatic heterocycles. The number of ether oxygens (including phenoxy) is 1. The maximum Gasteiger partial charge on any atom is 0.223 e. The summed E-state index contributed by atoms with van der Waals surface area (Å²) in [6.07, 6.45) is 0.370. The second-order valence-corrected chi connectivity index (χ2v) is 5.53. The van der Waals surface area contributed by atoms with Gasteiger partial charge in [0, 0.05) is 6.54 Å². The van der Waals surface area contributed by atoms with Gasteiger partial charge in [-0.2, -0.15) is 0 Å². The number of aryl methyl sites for hydroxylation is 1. The molecule has 0 aliphatic rings. The molecule has 3 heteroatoms. The van der Waals surface area contributed by atoms with Gasteiger partial charge in [-0.05, 0) is 30.5 Å². The van der Waals surface area contributed by atoms with E-state index in [1.807, 2.05) is 49.4 Å². The summed E-state index contributed by atoms with van der Waals surface area (Å²) < 4.78 is 5.56. The summed E-state index contributed by atoms with van der Waals surface area (Å²) >= 11 is 0. The van der Waals surface area contributed by atoms with Gasteiger partial charge < -0.3 is 10.1 Å². The summed E-state index contributed by atoms with van der Waals surface area (Å²) in [4.78, 5) is 11.8. The zero-order valence-electron chi connectivity index (χ0n) is 13.2. The first-order valence-electron chi connectivity index (χ1n) is 7.66. The highest BCUT2D eigenvalue weighted by atomic mass is 16.5. The molecule has 0 aromatic heterocycles. The zero-order chi connectivity index (χ0) is 15.8. The quantitative estimate of drug-likeness (QED) is 0.846. The van der Waals surface area contributed by atoms with E-state index in [9.17, 15) is 4.79 Å². The van der Waals surface area contributed by atoms with Crippen LogP contribution in [-0.2, 0) is 4.79 Å². The van der Waals surface area contributed by atoms with Crippen molar-refractivity contribution in [1.82, 2.24) is 5.32 Å². The third-order valence-corrected chi connectivity index (χ3v) is 3.59. The fourth-order valence-corrected chi connectivity index (χ4v) is 2.15. The lowest BCUT2D eigenvalue weighted by atomic mass is 10.0. The van der Waals surface area contributed by atoms with Gasteiger partial charge in [0.1, 0.15) is 5.75 Å². The first-order valence-corrected chi connectivity index (χ1v) is 7.66. The number of carbonyl (C=O) groups is 1. The summed E-state index contributed by atoms with van der Waals surface area (Å²) in [5.41, 5.74) is 2.43. The summed E-state index contributed by atoms with van der Waals surface area (Å²) in [5.74, 6) is 1.13. The molecule has 0 spiro atoms. The number of hydrogen-bond acceptors (Lipinski definition) is 2. The van der Waals surface area contributed by atoms with Crippen LogP contribution >= 0.6 is 0 Å². The maximum absolute atomic E-state index is 11.8. The average Bonchev–Trinajstić information content (AvgIpc) is 2.55. The largest absolute Gasteiger partial charge is 0.493 e. The third-order valence-electron chi connectivity index (χ3n) is 3.59. The normalized spacial score (nSPS) is 11.7. The van der Waals surface area contributed by atoms with Crippen molar-refractivity contribution in [2.24, 2.45) is 0 Å². The molecule has 0 saturated carbocycles. The molecule has 0 fully saturated rings. The highest BCUT2D eigenvalue weighted by molar-refractivity contribution is 5.76. The Hall–Kier alpha value is -2.29. The predicted octanol–water partition coefficient (Wildman–Crippen LogP) is 3.68. The van der Waals surface area contributed by atoms with Crippen molar-refractivity contribution in [2.75, 3.05) is 13.2 Å². The van der Waals surface area contributed by atoms with Crippen molar-refractivity contribution in [2.45, 2.75) is 26.2 Å². The molecular weight excluding hydrogens is 274 g/mol. The highest BCUT2D eigenvalue weighted by Gasteiger charge is 2.07. The molecule has 0 radical (unpaired) electrons. The van der Waals surface area contributed by atoms with Gasteiger partial charge >= 0.3 is 0 Å². The van der Waals surface area contributed by atoms with Crippen molar-refractivity contribution < 1.29 is 9.53 Å². The van der Waals surface area contributed by atoms with Gasteiger partial charge in [-0.1, -0.05) is 55.0 Å². The molecule has 0 unspecified atom stereocenters. The first-order chi connectivity index (χ1) is 10.6. The summed E-state index contributed by atoms with van der Waals surface area (Å²) in [6, 6.07) is 18.0. The smallest absolute Gasteiger partial charge is 0.223 e. The van der Waals surface area contributed by atoms with Gasteiger partial charge in [0.2, 0.25) is 5.91 Å². The molecule has 0 bridgehead atoms. The Kier molecular flexibility index (Phi) is 6.01. The molecule has 0 heterocycles. The fraction of sp³-hybridized carbons (Fsp3) is 0.316. The molecule has 2 aromatic carbocycles. The van der Waals surface area contributed by atoms with E-state index in [-0.39, 0.29) is 5.91 Å². The SMILES string of the molecule is Cc1ccc(OCCC(=O)NC[C@H](C)c2ccccc2)cc1. The van der Waals surface area contributed by atoms with Gasteiger partial charge in [0.15, 0.2) is 0 Å². The van der Waals surface area contributed by atoms with Crippen LogP contribution in [0.25, 0.3) is 0 Å². The van der Waals surface area contributed by atoms with Gasteiger partial charge in [-0.25, -0.2) is 0 Å². The molecule has 3 nitrogen and oxygen atoms in total. The Balaban J connectivity index is 1.66. The molecule has 1 atom stereocenters. The van der Waals surface area contributed by atoms with E-state index in [1.165, 1.54) is 11.1 Å². The highest BCUT2D eigenvalue weighted by Crippen LogP contribution is 2.13. The molecule has 1 amide bonds. The van der Waals surface area contributed by atoms with Crippen LogP contribution in [0.5, 0.6) is 5.75 Å². The lowest BCUT2D eigenvalue weighted by molar-refractivity contribution is -0.121. The van der Waals surface area contributed by atoms with Crippen molar-refractivity contribution >= 4 is 5.91 Å². The van der Waals surface area contributed by atoms with E-state index in [0.717, 1.165) is 5.75 Å².